The number of nitrogens with zero attached hydrogens (tertiary/aromatic N) is 2. The predicted molar refractivity (Wildman–Crippen MR) is 93.3 cm³/mol. The van der Waals surface area contributed by atoms with Gasteiger partial charge in [0.05, 0.1) is 10.6 Å². The minimum atomic E-state index is -0.691. The topological polar surface area (TPSA) is 93.8 Å². The molecule has 2 unspecified atom stereocenters. The smallest absolute Gasteiger partial charge is 0.269 e. The number of carbonyl (C=O) groups is 1. The number of anilines is 1. The van der Waals surface area contributed by atoms with E-state index in [0.717, 1.165) is 5.56 Å². The normalized spacial score (nSPS) is 19.0. The molecule has 0 saturated carbocycles. The fraction of sp³-hybridized carbons (Fsp3) is 0.222. The van der Waals surface area contributed by atoms with Crippen molar-refractivity contribution in [3.8, 4) is 0 Å². The van der Waals surface area contributed by atoms with Crippen LogP contribution in [0.5, 0.6) is 0 Å². The van der Waals surface area contributed by atoms with Crippen LogP contribution in [0.1, 0.15) is 24.2 Å². The highest BCUT2D eigenvalue weighted by Crippen LogP contribution is 2.35. The van der Waals surface area contributed by atoms with Crippen molar-refractivity contribution in [3.05, 3.63) is 69.8 Å². The summed E-state index contributed by atoms with van der Waals surface area (Å²) in [6, 6.07) is 13.5. The van der Waals surface area contributed by atoms with Gasteiger partial charge in [-0.2, -0.15) is 0 Å². The van der Waals surface area contributed by atoms with Crippen molar-refractivity contribution in [1.29, 1.82) is 0 Å². The van der Waals surface area contributed by atoms with Crippen LogP contribution < -0.4 is 5.32 Å². The molecule has 7 heteroatoms. The van der Waals surface area contributed by atoms with Crippen LogP contribution in [-0.4, -0.2) is 16.5 Å². The Balaban J connectivity index is 1.87. The Bertz CT molecular complexity index is 863. The van der Waals surface area contributed by atoms with Crippen molar-refractivity contribution in [2.45, 2.75) is 20.0 Å². The second-order valence-corrected chi connectivity index (χ2v) is 5.89. The molecule has 2 aromatic rings. The van der Waals surface area contributed by atoms with Gasteiger partial charge in [0.25, 0.3) is 5.69 Å². The summed E-state index contributed by atoms with van der Waals surface area (Å²) in [4.78, 5) is 28.7. The van der Waals surface area contributed by atoms with Gasteiger partial charge < -0.3 is 10.2 Å². The van der Waals surface area contributed by atoms with Crippen molar-refractivity contribution in [2.75, 3.05) is 5.32 Å². The highest BCUT2D eigenvalue weighted by Gasteiger charge is 2.39. The first kappa shape index (κ1) is 16.6. The summed E-state index contributed by atoms with van der Waals surface area (Å²) in [7, 11) is 0. The summed E-state index contributed by atoms with van der Waals surface area (Å²) < 4.78 is 0. The Labute approximate surface area is 144 Å². The van der Waals surface area contributed by atoms with E-state index in [-0.39, 0.29) is 11.6 Å². The van der Waals surface area contributed by atoms with Crippen LogP contribution in [0.25, 0.3) is 0 Å². The molecule has 25 heavy (non-hydrogen) atoms. The van der Waals surface area contributed by atoms with E-state index >= 15 is 0 Å². The van der Waals surface area contributed by atoms with Gasteiger partial charge in [0, 0.05) is 23.4 Å². The number of non-ortho nitro benzene ring substituents is 1. The third-order valence-electron chi connectivity index (χ3n) is 4.16. The van der Waals surface area contributed by atoms with Gasteiger partial charge in [-0.15, -0.1) is 0 Å². The zero-order valence-electron chi connectivity index (χ0n) is 13.8. The molecule has 1 aliphatic heterocycles. The average Bonchev–Trinajstić information content (AvgIpc) is 2.98. The maximum Gasteiger partial charge on any atom is 0.269 e. The number of amides is 1. The summed E-state index contributed by atoms with van der Waals surface area (Å²) in [5.41, 5.74) is 2.67. The molecule has 1 N–H and O–H groups in total. The Kier molecular flexibility index (Phi) is 4.47. The van der Waals surface area contributed by atoms with Gasteiger partial charge in [-0.25, -0.2) is 0 Å². The quantitative estimate of drug-likeness (QED) is 0.680. The molecule has 2 atom stereocenters. The molecule has 0 aliphatic carbocycles. The summed E-state index contributed by atoms with van der Waals surface area (Å²) in [6.45, 7) is 3.61. The fourth-order valence-electron chi connectivity index (χ4n) is 2.80. The van der Waals surface area contributed by atoms with Crippen LogP contribution in [0.15, 0.2) is 53.7 Å². The molecule has 3 rings (SSSR count). The van der Waals surface area contributed by atoms with Crippen LogP contribution in [-0.2, 0) is 9.63 Å². The number of aryl methyl sites for hydroxylation is 1. The van der Waals surface area contributed by atoms with E-state index in [2.05, 4.69) is 10.5 Å². The second kappa shape index (κ2) is 6.72. The molecule has 128 valence electrons. The zero-order chi connectivity index (χ0) is 18.0. The average molecular weight is 339 g/mol. The molecule has 0 spiro atoms. The number of carbonyl (C=O) groups excluding carboxylic acids is 1. The molecule has 7 nitrogen and oxygen atoms in total. The zero-order valence-corrected chi connectivity index (χ0v) is 13.8. The summed E-state index contributed by atoms with van der Waals surface area (Å²) in [5.74, 6) is -0.911. The highest BCUT2D eigenvalue weighted by molar-refractivity contribution is 6.09. The van der Waals surface area contributed by atoms with Gasteiger partial charge in [-0.1, -0.05) is 35.5 Å². The van der Waals surface area contributed by atoms with E-state index < -0.39 is 16.9 Å². The predicted octanol–water partition coefficient (Wildman–Crippen LogP) is 3.61. The SMILES string of the molecule is CC1=NOC(c2cccc([N+](=O)[O-])c2)C1C(=O)Nc1ccccc1C. The number of hydrogen-bond acceptors (Lipinski definition) is 5. The maximum absolute atomic E-state index is 12.8. The molecule has 1 amide bonds. The van der Waals surface area contributed by atoms with E-state index in [0.29, 0.717) is 17.0 Å². The van der Waals surface area contributed by atoms with Crippen LogP contribution in [0.2, 0.25) is 0 Å². The van der Waals surface area contributed by atoms with E-state index in [4.69, 9.17) is 4.84 Å². The minimum Gasteiger partial charge on any atom is -0.386 e. The van der Waals surface area contributed by atoms with Crippen molar-refractivity contribution >= 4 is 23.0 Å². The first-order valence-electron chi connectivity index (χ1n) is 7.78. The molecule has 1 heterocycles. The van der Waals surface area contributed by atoms with E-state index in [1.807, 2.05) is 31.2 Å². The third-order valence-corrected chi connectivity index (χ3v) is 4.16. The monoisotopic (exact) mass is 339 g/mol. The third kappa shape index (κ3) is 3.35. The van der Waals surface area contributed by atoms with Crippen LogP contribution in [0.3, 0.4) is 0 Å². The maximum atomic E-state index is 12.8. The standard InChI is InChI=1S/C18H17N3O4/c1-11-6-3-4-9-15(11)19-18(22)16-12(2)20-25-17(16)13-7-5-8-14(10-13)21(23)24/h3-10,16-17H,1-2H3,(H,19,22). The Morgan fingerprint density at radius 1 is 1.20 bits per heavy atom. The number of oxime groups is 1. The number of hydrogen-bond donors (Lipinski definition) is 1. The number of nitrogens with one attached hydrogen (secondary N) is 1. The van der Waals surface area contributed by atoms with Crippen LogP contribution in [0, 0.1) is 23.0 Å². The lowest BCUT2D eigenvalue weighted by Crippen LogP contribution is -2.30. The molecule has 0 aromatic heterocycles. The van der Waals surface area contributed by atoms with Crippen molar-refractivity contribution in [3.63, 3.8) is 0 Å². The van der Waals surface area contributed by atoms with E-state index in [1.165, 1.54) is 12.1 Å². The fourth-order valence-corrected chi connectivity index (χ4v) is 2.80. The van der Waals surface area contributed by atoms with Gasteiger partial charge in [-0.3, -0.25) is 14.9 Å². The number of nitro benzene ring substituents is 1. The molecule has 2 aromatic carbocycles. The first-order valence-corrected chi connectivity index (χ1v) is 7.78. The lowest BCUT2D eigenvalue weighted by atomic mass is 9.91. The molecular formula is C18H17N3O4. The highest BCUT2D eigenvalue weighted by atomic mass is 16.6. The number of rotatable bonds is 4. The molecule has 0 saturated heterocycles. The Hall–Kier alpha value is -3.22. The van der Waals surface area contributed by atoms with Crippen LogP contribution in [0.4, 0.5) is 11.4 Å². The van der Waals surface area contributed by atoms with Crippen molar-refractivity contribution in [2.24, 2.45) is 11.1 Å². The van der Waals surface area contributed by atoms with Crippen molar-refractivity contribution < 1.29 is 14.6 Å². The van der Waals surface area contributed by atoms with Gasteiger partial charge in [0.15, 0.2) is 6.10 Å². The first-order chi connectivity index (χ1) is 12.0. The largest absolute Gasteiger partial charge is 0.386 e. The number of benzene rings is 2. The van der Waals surface area contributed by atoms with Gasteiger partial charge in [-0.05, 0) is 25.5 Å². The summed E-state index contributed by atoms with van der Waals surface area (Å²) in [6.07, 6.45) is -0.691. The van der Waals surface area contributed by atoms with Gasteiger partial charge >= 0.3 is 0 Å². The minimum absolute atomic E-state index is 0.0521. The van der Waals surface area contributed by atoms with E-state index in [9.17, 15) is 14.9 Å². The Morgan fingerprint density at radius 2 is 1.96 bits per heavy atom. The number of para-hydroxylation sites is 1. The van der Waals surface area contributed by atoms with Gasteiger partial charge in [0.1, 0.15) is 5.92 Å². The lowest BCUT2D eigenvalue weighted by molar-refractivity contribution is -0.385. The molecule has 1 aliphatic rings. The van der Waals surface area contributed by atoms with Crippen LogP contribution >= 0.6 is 0 Å². The Morgan fingerprint density at radius 3 is 2.68 bits per heavy atom. The molecular weight excluding hydrogens is 322 g/mol. The second-order valence-electron chi connectivity index (χ2n) is 5.89. The molecule has 0 bridgehead atoms. The number of nitro groups is 1. The summed E-state index contributed by atoms with van der Waals surface area (Å²) in [5, 5.41) is 17.8. The molecule has 0 radical (unpaired) electrons. The summed E-state index contributed by atoms with van der Waals surface area (Å²) >= 11 is 0. The molecule has 0 fully saturated rings. The van der Waals surface area contributed by atoms with Gasteiger partial charge in [0.2, 0.25) is 5.91 Å². The lowest BCUT2D eigenvalue weighted by Gasteiger charge is -2.18. The van der Waals surface area contributed by atoms with Crippen molar-refractivity contribution in [1.82, 2.24) is 0 Å². The van der Waals surface area contributed by atoms with E-state index in [1.54, 1.807) is 19.1 Å².